The molecule has 0 aliphatic heterocycles. The lowest BCUT2D eigenvalue weighted by molar-refractivity contribution is 0.457. The minimum atomic E-state index is 0.315. The molecule has 0 saturated carbocycles. The predicted molar refractivity (Wildman–Crippen MR) is 81.5 cm³/mol. The van der Waals surface area contributed by atoms with Gasteiger partial charge in [0.25, 0.3) is 0 Å². The minimum Gasteiger partial charge on any atom is -0.508 e. The molecule has 2 aromatic rings. The zero-order chi connectivity index (χ0) is 14.5. The van der Waals surface area contributed by atoms with Crippen molar-refractivity contribution in [3.8, 4) is 17.2 Å². The maximum Gasteiger partial charge on any atom is 0.130 e. The van der Waals surface area contributed by atoms with E-state index in [1.54, 1.807) is 12.1 Å². The maximum atomic E-state index is 9.68. The van der Waals surface area contributed by atoms with E-state index in [9.17, 15) is 5.11 Å². The molecule has 2 rings (SSSR count). The second-order valence-electron chi connectivity index (χ2n) is 4.88. The number of aromatic hydroxyl groups is 1. The van der Waals surface area contributed by atoms with Crippen molar-refractivity contribution in [1.29, 1.82) is 0 Å². The van der Waals surface area contributed by atoms with Gasteiger partial charge in [-0.25, -0.2) is 0 Å². The molecular formula is C17H21NO2. The maximum absolute atomic E-state index is 9.68. The predicted octanol–water partition coefficient (Wildman–Crippen LogP) is 3.56. The van der Waals surface area contributed by atoms with Gasteiger partial charge < -0.3 is 15.6 Å². The number of aryl methyl sites for hydroxylation is 2. The number of ether oxygens (including phenoxy) is 1. The molecule has 0 spiro atoms. The Kier molecular flexibility index (Phi) is 4.64. The van der Waals surface area contributed by atoms with E-state index in [-0.39, 0.29) is 0 Å². The van der Waals surface area contributed by atoms with Crippen molar-refractivity contribution in [2.45, 2.75) is 26.7 Å². The Morgan fingerprint density at radius 1 is 1.15 bits per heavy atom. The molecular weight excluding hydrogens is 250 g/mol. The van der Waals surface area contributed by atoms with Gasteiger partial charge in [0, 0.05) is 0 Å². The van der Waals surface area contributed by atoms with E-state index >= 15 is 0 Å². The average Bonchev–Trinajstić information content (AvgIpc) is 2.44. The lowest BCUT2D eigenvalue weighted by atomic mass is 10.1. The van der Waals surface area contributed by atoms with E-state index in [2.05, 4.69) is 6.07 Å². The van der Waals surface area contributed by atoms with Crippen LogP contribution in [0.1, 0.15) is 23.6 Å². The van der Waals surface area contributed by atoms with E-state index in [0.29, 0.717) is 12.3 Å². The van der Waals surface area contributed by atoms with Crippen LogP contribution >= 0.6 is 0 Å². The van der Waals surface area contributed by atoms with Gasteiger partial charge in [0.15, 0.2) is 0 Å². The molecule has 2 aromatic carbocycles. The summed E-state index contributed by atoms with van der Waals surface area (Å²) in [5, 5.41) is 9.68. The van der Waals surface area contributed by atoms with Crippen LogP contribution in [-0.2, 0) is 12.8 Å². The van der Waals surface area contributed by atoms with Gasteiger partial charge in [-0.3, -0.25) is 0 Å². The van der Waals surface area contributed by atoms with Gasteiger partial charge in [0.05, 0.1) is 0 Å². The van der Waals surface area contributed by atoms with Crippen molar-refractivity contribution in [3.63, 3.8) is 0 Å². The van der Waals surface area contributed by atoms with Crippen LogP contribution in [0.2, 0.25) is 0 Å². The monoisotopic (exact) mass is 271 g/mol. The summed E-state index contributed by atoms with van der Waals surface area (Å²) in [6, 6.07) is 11.4. The molecule has 0 aliphatic rings. The van der Waals surface area contributed by atoms with E-state index in [0.717, 1.165) is 35.5 Å². The Hall–Kier alpha value is -2.00. The molecule has 0 amide bonds. The number of phenols is 1. The quantitative estimate of drug-likeness (QED) is 0.874. The number of hydrogen-bond donors (Lipinski definition) is 2. The highest BCUT2D eigenvalue weighted by Gasteiger charge is 2.05. The number of nitrogens with two attached hydrogens (primary N) is 1. The normalized spacial score (nSPS) is 10.6. The number of hydrogen-bond acceptors (Lipinski definition) is 3. The smallest absolute Gasteiger partial charge is 0.130 e. The van der Waals surface area contributed by atoms with Crippen LogP contribution in [0.25, 0.3) is 0 Å². The van der Waals surface area contributed by atoms with Gasteiger partial charge in [0.1, 0.15) is 17.2 Å². The van der Waals surface area contributed by atoms with Crippen molar-refractivity contribution in [1.82, 2.24) is 0 Å². The standard InChI is InChI=1S/C17H21NO2/c1-3-14-11-15(5-6-16(14)19)20-17-7-4-13(8-9-18)10-12(17)2/h4-7,10-11,19H,3,8-9,18H2,1-2H3. The first-order valence-electron chi connectivity index (χ1n) is 6.93. The Morgan fingerprint density at radius 3 is 2.60 bits per heavy atom. The van der Waals surface area contributed by atoms with Gasteiger partial charge in [0.2, 0.25) is 0 Å². The summed E-state index contributed by atoms with van der Waals surface area (Å²) in [4.78, 5) is 0. The largest absolute Gasteiger partial charge is 0.508 e. The Balaban J connectivity index is 2.21. The summed E-state index contributed by atoms with van der Waals surface area (Å²) in [6.07, 6.45) is 1.65. The third-order valence-corrected chi connectivity index (χ3v) is 3.33. The first-order valence-corrected chi connectivity index (χ1v) is 6.93. The second-order valence-corrected chi connectivity index (χ2v) is 4.88. The molecule has 0 atom stereocenters. The molecule has 0 unspecified atom stereocenters. The van der Waals surface area contributed by atoms with Crippen LogP contribution in [0.4, 0.5) is 0 Å². The highest BCUT2D eigenvalue weighted by atomic mass is 16.5. The number of benzene rings is 2. The molecule has 106 valence electrons. The van der Waals surface area contributed by atoms with Gasteiger partial charge in [-0.2, -0.15) is 0 Å². The molecule has 0 radical (unpaired) electrons. The molecule has 0 aliphatic carbocycles. The van der Waals surface area contributed by atoms with Crippen LogP contribution in [0.15, 0.2) is 36.4 Å². The van der Waals surface area contributed by atoms with Gasteiger partial charge in [-0.15, -0.1) is 0 Å². The number of rotatable bonds is 5. The first kappa shape index (κ1) is 14.4. The van der Waals surface area contributed by atoms with Gasteiger partial charge in [-0.05, 0) is 67.3 Å². The topological polar surface area (TPSA) is 55.5 Å². The SMILES string of the molecule is CCc1cc(Oc2ccc(CCN)cc2C)ccc1O. The second kappa shape index (κ2) is 6.44. The van der Waals surface area contributed by atoms with Crippen molar-refractivity contribution in [2.75, 3.05) is 6.54 Å². The first-order chi connectivity index (χ1) is 9.63. The molecule has 3 heteroatoms. The Bertz CT molecular complexity index is 594. The van der Waals surface area contributed by atoms with Crippen LogP contribution in [-0.4, -0.2) is 11.7 Å². The molecule has 3 N–H and O–H groups in total. The van der Waals surface area contributed by atoms with Crippen LogP contribution < -0.4 is 10.5 Å². The zero-order valence-corrected chi connectivity index (χ0v) is 12.0. The summed E-state index contributed by atoms with van der Waals surface area (Å²) >= 11 is 0. The molecule has 0 aromatic heterocycles. The van der Waals surface area contributed by atoms with E-state index in [1.165, 1.54) is 5.56 Å². The zero-order valence-electron chi connectivity index (χ0n) is 12.0. The summed E-state index contributed by atoms with van der Waals surface area (Å²) in [7, 11) is 0. The lowest BCUT2D eigenvalue weighted by Crippen LogP contribution is -2.02. The minimum absolute atomic E-state index is 0.315. The Labute approximate surface area is 120 Å². The fraction of sp³-hybridized carbons (Fsp3) is 0.294. The summed E-state index contributed by atoms with van der Waals surface area (Å²) in [6.45, 7) is 4.68. The molecule has 0 bridgehead atoms. The van der Waals surface area contributed by atoms with E-state index in [4.69, 9.17) is 10.5 Å². The average molecular weight is 271 g/mol. The fourth-order valence-corrected chi connectivity index (χ4v) is 2.18. The van der Waals surface area contributed by atoms with E-state index < -0.39 is 0 Å². The third kappa shape index (κ3) is 3.31. The van der Waals surface area contributed by atoms with Crippen molar-refractivity contribution in [2.24, 2.45) is 5.73 Å². The highest BCUT2D eigenvalue weighted by Crippen LogP contribution is 2.29. The van der Waals surface area contributed by atoms with Crippen LogP contribution in [0.3, 0.4) is 0 Å². The number of phenolic OH excluding ortho intramolecular Hbond substituents is 1. The summed E-state index contributed by atoms with van der Waals surface area (Å²) < 4.78 is 5.90. The van der Waals surface area contributed by atoms with E-state index in [1.807, 2.05) is 32.0 Å². The van der Waals surface area contributed by atoms with Crippen molar-refractivity contribution >= 4 is 0 Å². The molecule has 20 heavy (non-hydrogen) atoms. The lowest BCUT2D eigenvalue weighted by Gasteiger charge is -2.11. The molecule has 3 nitrogen and oxygen atoms in total. The van der Waals surface area contributed by atoms with Gasteiger partial charge in [-0.1, -0.05) is 19.1 Å². The molecule has 0 saturated heterocycles. The Morgan fingerprint density at radius 2 is 1.95 bits per heavy atom. The van der Waals surface area contributed by atoms with Crippen molar-refractivity contribution in [3.05, 3.63) is 53.1 Å². The van der Waals surface area contributed by atoms with Crippen molar-refractivity contribution < 1.29 is 9.84 Å². The molecule has 0 fully saturated rings. The highest BCUT2D eigenvalue weighted by molar-refractivity contribution is 5.43. The summed E-state index contributed by atoms with van der Waals surface area (Å²) in [5.74, 6) is 1.89. The van der Waals surface area contributed by atoms with Crippen LogP contribution in [0, 0.1) is 6.92 Å². The van der Waals surface area contributed by atoms with Gasteiger partial charge >= 0.3 is 0 Å². The third-order valence-electron chi connectivity index (χ3n) is 3.33. The fourth-order valence-electron chi connectivity index (χ4n) is 2.18. The summed E-state index contributed by atoms with van der Waals surface area (Å²) in [5.41, 5.74) is 8.76. The van der Waals surface area contributed by atoms with Crippen LogP contribution in [0.5, 0.6) is 17.2 Å². The molecule has 0 heterocycles.